The number of carbonyl (C=O) groups is 1. The fourth-order valence-electron chi connectivity index (χ4n) is 2.24. The summed E-state index contributed by atoms with van der Waals surface area (Å²) >= 11 is 0. The lowest BCUT2D eigenvalue weighted by Gasteiger charge is -2.20. The molecular formula is C23H47NO7. The molecular weight excluding hydrogens is 402 g/mol. The molecule has 0 heterocycles. The van der Waals surface area contributed by atoms with E-state index in [0.29, 0.717) is 85.7 Å². The van der Waals surface area contributed by atoms with Gasteiger partial charge in [-0.15, -0.1) is 0 Å². The van der Waals surface area contributed by atoms with Crippen molar-refractivity contribution in [1.82, 2.24) is 5.32 Å². The highest BCUT2D eigenvalue weighted by Crippen LogP contribution is 2.16. The van der Waals surface area contributed by atoms with Crippen molar-refractivity contribution in [3.63, 3.8) is 0 Å². The molecule has 0 fully saturated rings. The van der Waals surface area contributed by atoms with Gasteiger partial charge in [-0.05, 0) is 20.8 Å². The number of nitrogens with one attached hydrogen (secondary N) is 1. The van der Waals surface area contributed by atoms with E-state index in [1.54, 1.807) is 0 Å². The quantitative estimate of drug-likeness (QED) is 0.268. The second-order valence-electron chi connectivity index (χ2n) is 9.27. The first-order chi connectivity index (χ1) is 14.6. The molecule has 0 saturated heterocycles. The number of hydrogen-bond donors (Lipinski definition) is 1. The Bertz CT molecular complexity index is 419. The van der Waals surface area contributed by atoms with Gasteiger partial charge in [-0.25, -0.2) is 0 Å². The number of rotatable bonds is 21. The largest absolute Gasteiger partial charge is 0.379 e. The van der Waals surface area contributed by atoms with E-state index < -0.39 is 0 Å². The Kier molecular flexibility index (Phi) is 18.5. The molecule has 1 N–H and O–H groups in total. The van der Waals surface area contributed by atoms with Gasteiger partial charge in [0.05, 0.1) is 79.3 Å². The summed E-state index contributed by atoms with van der Waals surface area (Å²) in [4.78, 5) is 11.7. The minimum absolute atomic E-state index is 0.123. The van der Waals surface area contributed by atoms with Crippen LogP contribution in [0.1, 0.15) is 48.0 Å². The molecule has 0 bridgehead atoms. The summed E-state index contributed by atoms with van der Waals surface area (Å²) in [5.41, 5.74) is -0.176. The molecule has 0 aromatic heterocycles. The molecule has 0 rings (SSSR count). The minimum atomic E-state index is -0.299. The van der Waals surface area contributed by atoms with Gasteiger partial charge >= 0.3 is 0 Å². The lowest BCUT2D eigenvalue weighted by molar-refractivity contribution is -0.127. The molecule has 0 amide bonds. The van der Waals surface area contributed by atoms with Gasteiger partial charge in [0.1, 0.15) is 5.78 Å². The lowest BCUT2D eigenvalue weighted by atomic mass is 9.89. The van der Waals surface area contributed by atoms with Gasteiger partial charge in [0.15, 0.2) is 0 Å². The van der Waals surface area contributed by atoms with Crippen molar-refractivity contribution in [2.75, 3.05) is 85.8 Å². The minimum Gasteiger partial charge on any atom is -0.379 e. The van der Waals surface area contributed by atoms with Gasteiger partial charge in [0.25, 0.3) is 0 Å². The summed E-state index contributed by atoms with van der Waals surface area (Å²) in [6.07, 6.45) is 0.445. The van der Waals surface area contributed by atoms with Crippen LogP contribution in [-0.2, 0) is 33.2 Å². The second-order valence-corrected chi connectivity index (χ2v) is 9.27. The third-order valence-corrected chi connectivity index (χ3v) is 4.07. The Morgan fingerprint density at radius 1 is 0.548 bits per heavy atom. The summed E-state index contributed by atoms with van der Waals surface area (Å²) in [5, 5.41) is 3.36. The lowest BCUT2D eigenvalue weighted by Crippen LogP contribution is -2.38. The predicted molar refractivity (Wildman–Crippen MR) is 122 cm³/mol. The third-order valence-electron chi connectivity index (χ3n) is 4.07. The highest BCUT2D eigenvalue weighted by molar-refractivity contribution is 5.83. The van der Waals surface area contributed by atoms with Crippen LogP contribution in [0.3, 0.4) is 0 Å². The van der Waals surface area contributed by atoms with Crippen LogP contribution >= 0.6 is 0 Å². The molecule has 0 saturated carbocycles. The molecule has 0 aliphatic heterocycles. The third kappa shape index (κ3) is 23.9. The van der Waals surface area contributed by atoms with Crippen molar-refractivity contribution >= 4 is 5.78 Å². The molecule has 186 valence electrons. The molecule has 0 radical (unpaired) electrons. The van der Waals surface area contributed by atoms with Crippen molar-refractivity contribution in [1.29, 1.82) is 0 Å². The fourth-order valence-corrected chi connectivity index (χ4v) is 2.24. The maximum Gasteiger partial charge on any atom is 0.140 e. The highest BCUT2D eigenvalue weighted by atomic mass is 16.6. The maximum atomic E-state index is 11.7. The molecule has 0 aliphatic carbocycles. The monoisotopic (exact) mass is 449 g/mol. The molecule has 31 heavy (non-hydrogen) atoms. The average Bonchev–Trinajstić information content (AvgIpc) is 2.67. The van der Waals surface area contributed by atoms with Gasteiger partial charge in [0.2, 0.25) is 0 Å². The molecule has 0 aliphatic rings. The van der Waals surface area contributed by atoms with Crippen LogP contribution in [0, 0.1) is 5.41 Å². The topological polar surface area (TPSA) is 84.5 Å². The molecule has 0 spiro atoms. The van der Waals surface area contributed by atoms with E-state index in [1.165, 1.54) is 0 Å². The van der Waals surface area contributed by atoms with E-state index in [4.69, 9.17) is 28.4 Å². The Labute approximate surface area is 189 Å². The van der Waals surface area contributed by atoms with Crippen LogP contribution in [0.4, 0.5) is 0 Å². The first-order valence-electron chi connectivity index (χ1n) is 11.4. The summed E-state index contributed by atoms with van der Waals surface area (Å²) in [6, 6.07) is 0. The van der Waals surface area contributed by atoms with E-state index in [2.05, 4.69) is 26.1 Å². The Morgan fingerprint density at radius 3 is 1.19 bits per heavy atom. The molecule has 8 nitrogen and oxygen atoms in total. The van der Waals surface area contributed by atoms with Crippen LogP contribution in [0.15, 0.2) is 0 Å². The van der Waals surface area contributed by atoms with Crippen LogP contribution in [0.2, 0.25) is 0 Å². The van der Waals surface area contributed by atoms with E-state index in [9.17, 15) is 4.79 Å². The van der Waals surface area contributed by atoms with Crippen LogP contribution in [0.25, 0.3) is 0 Å². The van der Waals surface area contributed by atoms with Crippen molar-refractivity contribution in [2.45, 2.75) is 53.5 Å². The molecule has 0 aromatic rings. The van der Waals surface area contributed by atoms with Crippen molar-refractivity contribution in [3.8, 4) is 0 Å². The van der Waals surface area contributed by atoms with Crippen LogP contribution in [-0.4, -0.2) is 97.1 Å². The maximum absolute atomic E-state index is 11.7. The van der Waals surface area contributed by atoms with Crippen molar-refractivity contribution < 1.29 is 33.2 Å². The van der Waals surface area contributed by atoms with E-state index in [1.807, 2.05) is 20.8 Å². The van der Waals surface area contributed by atoms with Crippen LogP contribution in [0.5, 0.6) is 0 Å². The molecule has 8 heteroatoms. The Hall–Kier alpha value is -0.610. The van der Waals surface area contributed by atoms with Gasteiger partial charge in [-0.3, -0.25) is 4.79 Å². The first-order valence-corrected chi connectivity index (χ1v) is 11.4. The van der Waals surface area contributed by atoms with Crippen molar-refractivity contribution in [3.05, 3.63) is 0 Å². The van der Waals surface area contributed by atoms with Gasteiger partial charge in [-0.1, -0.05) is 20.8 Å². The van der Waals surface area contributed by atoms with Gasteiger partial charge in [-0.2, -0.15) is 0 Å². The summed E-state index contributed by atoms with van der Waals surface area (Å²) in [7, 11) is 0. The standard InChI is InChI=1S/C23H47NO7/c1-22(2,3)21(25)7-9-26-11-13-28-15-17-30-19-20-31-18-16-29-14-12-27-10-8-24-23(4,5)6/h24H,7-20H2,1-6H3. The number of hydrogen-bond acceptors (Lipinski definition) is 8. The summed E-state index contributed by atoms with van der Waals surface area (Å²) in [5.74, 6) is 0.212. The summed E-state index contributed by atoms with van der Waals surface area (Å²) in [6.45, 7) is 19.4. The zero-order valence-electron chi connectivity index (χ0n) is 20.8. The first kappa shape index (κ1) is 30.4. The SMILES string of the molecule is CC(C)(C)NCCOCCOCCOCCOCCOCCOCCC(=O)C(C)(C)C. The zero-order chi connectivity index (χ0) is 23.4. The van der Waals surface area contributed by atoms with Gasteiger partial charge in [0, 0.05) is 23.9 Å². The number of Topliss-reactive ketones (excluding diaryl/α,β-unsaturated/α-hetero) is 1. The van der Waals surface area contributed by atoms with Crippen LogP contribution < -0.4 is 5.32 Å². The summed E-state index contributed by atoms with van der Waals surface area (Å²) < 4.78 is 32.6. The fraction of sp³-hybridized carbons (Fsp3) is 0.957. The van der Waals surface area contributed by atoms with E-state index >= 15 is 0 Å². The molecule has 0 unspecified atom stereocenters. The molecule has 0 atom stereocenters. The predicted octanol–water partition coefficient (Wildman–Crippen LogP) is 2.48. The number of ether oxygens (including phenoxy) is 6. The van der Waals surface area contributed by atoms with E-state index in [0.717, 1.165) is 6.54 Å². The normalized spacial score (nSPS) is 12.5. The smallest absolute Gasteiger partial charge is 0.140 e. The van der Waals surface area contributed by atoms with E-state index in [-0.39, 0.29) is 16.7 Å². The van der Waals surface area contributed by atoms with Crippen molar-refractivity contribution in [2.24, 2.45) is 5.41 Å². The average molecular weight is 450 g/mol. The Morgan fingerprint density at radius 2 is 0.871 bits per heavy atom. The highest BCUT2D eigenvalue weighted by Gasteiger charge is 2.20. The second kappa shape index (κ2) is 18.9. The number of carbonyl (C=O) groups excluding carboxylic acids is 1. The number of ketones is 1. The Balaban J connectivity index is 3.14. The zero-order valence-corrected chi connectivity index (χ0v) is 20.8. The molecule has 0 aromatic carbocycles. The van der Waals surface area contributed by atoms with Gasteiger partial charge < -0.3 is 33.7 Å².